The molecule has 0 aromatic carbocycles. The number of likely N-dealkylation sites (tertiary alicyclic amines) is 1. The third-order valence-corrected chi connectivity index (χ3v) is 1.80. The molecule has 4 heteroatoms. The van der Waals surface area contributed by atoms with Crippen LogP contribution in [0.4, 0.5) is 0 Å². The number of carbonyl (C=O) groups is 1. The maximum atomic E-state index is 10.7. The Kier molecular flexibility index (Phi) is 2.32. The number of hydrogen-bond acceptors (Lipinski definition) is 3. The Labute approximate surface area is 65.6 Å². The van der Waals surface area contributed by atoms with Crippen LogP contribution in [-0.2, 0) is 4.79 Å². The molecule has 1 rings (SSSR count). The first-order valence-electron chi connectivity index (χ1n) is 3.53. The lowest BCUT2D eigenvalue weighted by molar-refractivity contribution is -0.122. The zero-order valence-corrected chi connectivity index (χ0v) is 6.16. The zero-order chi connectivity index (χ0) is 8.27. The molecule has 2 N–H and O–H groups in total. The molecule has 0 saturated carbocycles. The van der Waals surface area contributed by atoms with E-state index in [0.29, 0.717) is 13.0 Å². The monoisotopic (exact) mass is 152 g/mol. The molecule has 1 aliphatic rings. The smallest absolute Gasteiger partial charge is 0.240 e. The van der Waals surface area contributed by atoms with E-state index < -0.39 is 11.9 Å². The second-order valence-corrected chi connectivity index (χ2v) is 2.52. The molecule has 1 atom stereocenters. The fraction of sp³-hybridized carbons (Fsp3) is 0.571. The lowest BCUT2D eigenvalue weighted by atomic mass is 10.0. The molecule has 59 valence electrons. The summed E-state index contributed by atoms with van der Waals surface area (Å²) in [6.07, 6.45) is 5.40. The molecule has 0 aromatic rings. The molecule has 4 nitrogen and oxygen atoms in total. The van der Waals surface area contributed by atoms with E-state index in [1.54, 1.807) is 0 Å². The summed E-state index contributed by atoms with van der Waals surface area (Å²) < 4.78 is 0. The fourth-order valence-corrected chi connectivity index (χ4v) is 1.18. The number of nitrogens with zero attached hydrogens (tertiary/aromatic N) is 2. The third-order valence-electron chi connectivity index (χ3n) is 1.80. The summed E-state index contributed by atoms with van der Waals surface area (Å²) in [5.74, 6) is -0.414. The highest BCUT2D eigenvalue weighted by atomic mass is 16.1. The average Bonchev–Trinajstić information content (AvgIpc) is 2.04. The average molecular weight is 152 g/mol. The predicted molar refractivity (Wildman–Crippen MR) is 38.8 cm³/mol. The van der Waals surface area contributed by atoms with E-state index in [0.717, 1.165) is 6.42 Å². The molecule has 1 aliphatic heterocycles. The molecule has 1 amide bonds. The molecule has 0 spiro atoms. The maximum Gasteiger partial charge on any atom is 0.240 e. The van der Waals surface area contributed by atoms with Crippen molar-refractivity contribution < 1.29 is 4.79 Å². The molecule has 0 aliphatic carbocycles. The first-order chi connectivity index (χ1) is 5.25. The van der Waals surface area contributed by atoms with Gasteiger partial charge < -0.3 is 5.73 Å². The first kappa shape index (κ1) is 7.86. The summed E-state index contributed by atoms with van der Waals surface area (Å²) in [5, 5.41) is 8.56. The standard InChI is InChI=1S/C7H10N3O/c8-5-10-4-2-1-3-6(10)7(9)11/h1,6H,2-4H2,(H2,9,11). The van der Waals surface area contributed by atoms with Crippen molar-refractivity contribution in [1.82, 2.24) is 4.90 Å². The van der Waals surface area contributed by atoms with E-state index in [2.05, 4.69) is 0 Å². The Bertz CT molecular complexity index is 196. The van der Waals surface area contributed by atoms with Gasteiger partial charge in [-0.2, -0.15) is 5.26 Å². The molecule has 1 fully saturated rings. The number of rotatable bonds is 1. The molecule has 1 radical (unpaired) electrons. The van der Waals surface area contributed by atoms with Gasteiger partial charge in [-0.25, -0.2) is 0 Å². The Balaban J connectivity index is 2.60. The van der Waals surface area contributed by atoms with Crippen LogP contribution >= 0.6 is 0 Å². The van der Waals surface area contributed by atoms with Crippen LogP contribution in [-0.4, -0.2) is 23.4 Å². The van der Waals surface area contributed by atoms with E-state index in [-0.39, 0.29) is 0 Å². The minimum Gasteiger partial charge on any atom is -0.368 e. The number of amides is 1. The molecule has 0 bridgehead atoms. The summed E-state index contributed by atoms with van der Waals surface area (Å²) in [5.41, 5.74) is 5.08. The van der Waals surface area contributed by atoms with Gasteiger partial charge in [0.15, 0.2) is 6.19 Å². The van der Waals surface area contributed by atoms with Crippen LogP contribution in [0.2, 0.25) is 0 Å². The van der Waals surface area contributed by atoms with Crippen molar-refractivity contribution in [2.75, 3.05) is 6.54 Å². The summed E-state index contributed by atoms with van der Waals surface area (Å²) in [4.78, 5) is 12.2. The van der Waals surface area contributed by atoms with Crippen molar-refractivity contribution in [3.63, 3.8) is 0 Å². The second kappa shape index (κ2) is 3.24. The third kappa shape index (κ3) is 1.61. The Morgan fingerprint density at radius 3 is 3.00 bits per heavy atom. The van der Waals surface area contributed by atoms with Crippen LogP contribution in [0, 0.1) is 17.9 Å². The van der Waals surface area contributed by atoms with Crippen LogP contribution in [0.1, 0.15) is 12.8 Å². The second-order valence-electron chi connectivity index (χ2n) is 2.52. The molecule has 11 heavy (non-hydrogen) atoms. The van der Waals surface area contributed by atoms with Crippen LogP contribution in [0.15, 0.2) is 0 Å². The maximum absolute atomic E-state index is 10.7. The van der Waals surface area contributed by atoms with Crippen LogP contribution in [0.5, 0.6) is 0 Å². The highest BCUT2D eigenvalue weighted by Gasteiger charge is 2.25. The first-order valence-corrected chi connectivity index (χ1v) is 3.53. The minimum atomic E-state index is -0.414. The highest BCUT2D eigenvalue weighted by Crippen LogP contribution is 2.14. The number of piperidine rings is 1. The summed E-state index contributed by atoms with van der Waals surface area (Å²) in [7, 11) is 0. The topological polar surface area (TPSA) is 70.1 Å². The molecule has 1 heterocycles. The Hall–Kier alpha value is -1.24. The number of nitriles is 1. The molecule has 1 unspecified atom stereocenters. The van der Waals surface area contributed by atoms with Crippen molar-refractivity contribution in [3.8, 4) is 6.19 Å². The van der Waals surface area contributed by atoms with Gasteiger partial charge >= 0.3 is 0 Å². The van der Waals surface area contributed by atoms with Crippen molar-refractivity contribution >= 4 is 5.91 Å². The van der Waals surface area contributed by atoms with Gasteiger partial charge in [0.25, 0.3) is 0 Å². The summed E-state index contributed by atoms with van der Waals surface area (Å²) in [6, 6.07) is -0.409. The van der Waals surface area contributed by atoms with Gasteiger partial charge in [-0.3, -0.25) is 9.69 Å². The Morgan fingerprint density at radius 2 is 2.55 bits per heavy atom. The highest BCUT2D eigenvalue weighted by molar-refractivity contribution is 5.80. The quantitative estimate of drug-likeness (QED) is 0.521. The van der Waals surface area contributed by atoms with Gasteiger partial charge in [0, 0.05) is 6.54 Å². The van der Waals surface area contributed by atoms with Gasteiger partial charge in [-0.1, -0.05) is 0 Å². The van der Waals surface area contributed by atoms with Crippen molar-refractivity contribution in [2.45, 2.75) is 18.9 Å². The molecular formula is C7H10N3O. The molecule has 0 aromatic heterocycles. The van der Waals surface area contributed by atoms with E-state index in [1.807, 2.05) is 12.6 Å². The van der Waals surface area contributed by atoms with Gasteiger partial charge in [0.05, 0.1) is 0 Å². The van der Waals surface area contributed by atoms with Gasteiger partial charge in [-0.15, -0.1) is 0 Å². The van der Waals surface area contributed by atoms with Gasteiger partial charge in [-0.05, 0) is 19.3 Å². The lowest BCUT2D eigenvalue weighted by Gasteiger charge is -2.28. The number of nitrogens with two attached hydrogens (primary N) is 1. The minimum absolute atomic E-state index is 0.409. The number of primary amides is 1. The van der Waals surface area contributed by atoms with Crippen LogP contribution in [0.25, 0.3) is 0 Å². The van der Waals surface area contributed by atoms with Gasteiger partial charge in [0.1, 0.15) is 6.04 Å². The molecular weight excluding hydrogens is 142 g/mol. The largest absolute Gasteiger partial charge is 0.368 e. The summed E-state index contributed by atoms with van der Waals surface area (Å²) in [6.45, 7) is 0.615. The van der Waals surface area contributed by atoms with E-state index in [9.17, 15) is 4.79 Å². The SMILES string of the molecule is N#CN1CC[CH]CC1C(N)=O. The van der Waals surface area contributed by atoms with Crippen LogP contribution < -0.4 is 5.73 Å². The van der Waals surface area contributed by atoms with Crippen molar-refractivity contribution in [1.29, 1.82) is 5.26 Å². The Morgan fingerprint density at radius 1 is 1.82 bits per heavy atom. The molecule has 1 saturated heterocycles. The van der Waals surface area contributed by atoms with E-state index in [4.69, 9.17) is 11.0 Å². The fourth-order valence-electron chi connectivity index (χ4n) is 1.18. The van der Waals surface area contributed by atoms with E-state index in [1.165, 1.54) is 4.90 Å². The van der Waals surface area contributed by atoms with Gasteiger partial charge in [0.2, 0.25) is 5.91 Å². The number of carbonyl (C=O) groups excluding carboxylic acids is 1. The van der Waals surface area contributed by atoms with E-state index >= 15 is 0 Å². The normalized spacial score (nSPS) is 24.3. The number of hydrogen-bond donors (Lipinski definition) is 1. The van der Waals surface area contributed by atoms with Crippen molar-refractivity contribution in [3.05, 3.63) is 6.42 Å². The predicted octanol–water partition coefficient (Wildman–Crippen LogP) is -0.379. The lowest BCUT2D eigenvalue weighted by Crippen LogP contribution is -2.45. The van der Waals surface area contributed by atoms with Crippen molar-refractivity contribution in [2.24, 2.45) is 5.73 Å². The zero-order valence-electron chi connectivity index (χ0n) is 6.16. The summed E-state index contributed by atoms with van der Waals surface area (Å²) >= 11 is 0. The van der Waals surface area contributed by atoms with Crippen LogP contribution in [0.3, 0.4) is 0 Å².